The summed E-state index contributed by atoms with van der Waals surface area (Å²) in [5.41, 5.74) is 0. The van der Waals surface area contributed by atoms with Crippen LogP contribution in [0.15, 0.2) is 50.8 Å². The highest BCUT2D eigenvalue weighted by molar-refractivity contribution is 7.99. The van der Waals surface area contributed by atoms with Crippen LogP contribution < -0.4 is 4.74 Å². The normalized spacial score (nSPS) is 16.1. The molecule has 3 rings (SSSR count). The number of furan rings is 1. The molecule has 2 aromatic rings. The van der Waals surface area contributed by atoms with E-state index in [1.54, 1.807) is 13.3 Å². The fourth-order valence-electron chi connectivity index (χ4n) is 2.61. The fraction of sp³-hybridized carbons (Fsp3) is 0.353. The first-order valence-corrected chi connectivity index (χ1v) is 8.28. The van der Waals surface area contributed by atoms with Crippen LogP contribution in [-0.4, -0.2) is 24.1 Å². The van der Waals surface area contributed by atoms with E-state index in [2.05, 4.69) is 0 Å². The molecule has 1 aliphatic rings. The van der Waals surface area contributed by atoms with Crippen molar-refractivity contribution in [2.24, 2.45) is 0 Å². The topological polar surface area (TPSA) is 48.4 Å². The average molecular weight is 317 g/mol. The zero-order chi connectivity index (χ0) is 15.4. The Bertz CT molecular complexity index is 642. The highest BCUT2D eigenvalue weighted by Crippen LogP contribution is 2.30. The lowest BCUT2D eigenvalue weighted by Crippen LogP contribution is -2.18. The van der Waals surface area contributed by atoms with E-state index in [0.29, 0.717) is 5.76 Å². The van der Waals surface area contributed by atoms with Crippen molar-refractivity contribution >= 4 is 18.0 Å². The van der Waals surface area contributed by atoms with Gasteiger partial charge >= 0.3 is 0 Å². The molecule has 1 aliphatic carbocycles. The number of nitrogens with zero attached hydrogens (tertiary/aromatic N) is 1. The Labute approximate surface area is 134 Å². The lowest BCUT2D eigenvalue weighted by atomic mass is 10.3. The monoisotopic (exact) mass is 317 g/mol. The van der Waals surface area contributed by atoms with Gasteiger partial charge in [-0.2, -0.15) is 0 Å². The minimum atomic E-state index is 0.114. The molecule has 0 radical (unpaired) electrons. The Morgan fingerprint density at radius 3 is 2.59 bits per heavy atom. The molecule has 0 spiro atoms. The molecule has 0 N–H and O–H groups in total. The smallest absolute Gasteiger partial charge is 0.217 e. The fourth-order valence-corrected chi connectivity index (χ4v) is 3.39. The van der Waals surface area contributed by atoms with Crippen LogP contribution in [0, 0.1) is 5.21 Å². The molecule has 1 fully saturated rings. The average Bonchev–Trinajstić information content (AvgIpc) is 3.20. The summed E-state index contributed by atoms with van der Waals surface area (Å²) in [6.45, 7) is 0. The summed E-state index contributed by atoms with van der Waals surface area (Å²) in [5, 5.41) is 12.8. The quantitative estimate of drug-likeness (QED) is 0.357. The number of hydroxylamine groups is 1. The molecule has 0 aliphatic heterocycles. The van der Waals surface area contributed by atoms with Crippen LogP contribution in [0.1, 0.15) is 31.4 Å². The Hall–Kier alpha value is -1.88. The largest absolute Gasteiger partial charge is 0.624 e. The van der Waals surface area contributed by atoms with Gasteiger partial charge in [0, 0.05) is 17.7 Å². The van der Waals surface area contributed by atoms with Crippen molar-refractivity contribution in [2.75, 3.05) is 7.11 Å². The summed E-state index contributed by atoms with van der Waals surface area (Å²) < 4.78 is 11.9. The third-order valence-corrected chi connectivity index (χ3v) is 4.75. The highest BCUT2D eigenvalue weighted by Gasteiger charge is 2.21. The van der Waals surface area contributed by atoms with Gasteiger partial charge in [0.15, 0.2) is 16.9 Å². The maximum absolute atomic E-state index is 12.0. The first-order valence-electron chi connectivity index (χ1n) is 7.47. The predicted octanol–water partition coefficient (Wildman–Crippen LogP) is 4.31. The van der Waals surface area contributed by atoms with E-state index in [0.717, 1.165) is 46.2 Å². The molecule has 1 heterocycles. The molecule has 0 saturated heterocycles. The number of benzene rings is 1. The molecule has 1 saturated carbocycles. The van der Waals surface area contributed by atoms with Crippen LogP contribution in [0.3, 0.4) is 0 Å². The van der Waals surface area contributed by atoms with Gasteiger partial charge in [0.1, 0.15) is 5.75 Å². The molecular formula is C17H19NO3S. The summed E-state index contributed by atoms with van der Waals surface area (Å²) >= 11 is 1.52. The van der Waals surface area contributed by atoms with Crippen molar-refractivity contribution in [3.63, 3.8) is 0 Å². The Morgan fingerprint density at radius 2 is 1.91 bits per heavy atom. The van der Waals surface area contributed by atoms with E-state index in [-0.39, 0.29) is 6.04 Å². The van der Waals surface area contributed by atoms with Gasteiger partial charge in [-0.05, 0) is 49.2 Å². The standard InChI is InChI=1S/C17H19NO3S/c1-20-14-6-9-16(10-7-14)22-17-11-8-15(21-17)12-18(19)13-4-2-3-5-13/h6-13H,2-5H2,1H3/b18-12-. The second-order valence-electron chi connectivity index (χ2n) is 5.36. The van der Waals surface area contributed by atoms with Crippen LogP contribution >= 0.6 is 11.8 Å². The van der Waals surface area contributed by atoms with Gasteiger partial charge in [0.05, 0.1) is 7.11 Å². The Morgan fingerprint density at radius 1 is 1.18 bits per heavy atom. The van der Waals surface area contributed by atoms with Crippen molar-refractivity contribution < 1.29 is 13.9 Å². The maximum Gasteiger partial charge on any atom is 0.217 e. The predicted molar refractivity (Wildman–Crippen MR) is 86.9 cm³/mol. The molecule has 5 heteroatoms. The van der Waals surface area contributed by atoms with Crippen LogP contribution in [0.5, 0.6) is 5.75 Å². The molecule has 4 nitrogen and oxygen atoms in total. The van der Waals surface area contributed by atoms with Crippen LogP contribution in [-0.2, 0) is 0 Å². The Balaban J connectivity index is 1.66. The molecule has 0 atom stereocenters. The first-order chi connectivity index (χ1) is 10.7. The van der Waals surface area contributed by atoms with E-state index >= 15 is 0 Å². The minimum absolute atomic E-state index is 0.114. The molecule has 1 aromatic heterocycles. The highest BCUT2D eigenvalue weighted by atomic mass is 32.2. The molecule has 1 aromatic carbocycles. The molecule has 0 amide bonds. The molecule has 0 unspecified atom stereocenters. The lowest BCUT2D eigenvalue weighted by Gasteiger charge is -2.09. The van der Waals surface area contributed by atoms with E-state index in [9.17, 15) is 5.21 Å². The third-order valence-electron chi connectivity index (χ3n) is 3.82. The van der Waals surface area contributed by atoms with Gasteiger partial charge in [-0.1, -0.05) is 11.8 Å². The van der Waals surface area contributed by atoms with Gasteiger partial charge in [-0.15, -0.1) is 0 Å². The Kier molecular flexibility index (Phi) is 4.73. The maximum atomic E-state index is 12.0. The number of hydrogen-bond acceptors (Lipinski definition) is 4. The number of methoxy groups -OCH3 is 1. The van der Waals surface area contributed by atoms with Crippen LogP contribution in [0.25, 0.3) is 0 Å². The van der Waals surface area contributed by atoms with Crippen LogP contribution in [0.2, 0.25) is 0 Å². The summed E-state index contributed by atoms with van der Waals surface area (Å²) in [6.07, 6.45) is 5.82. The van der Waals surface area contributed by atoms with E-state index in [4.69, 9.17) is 9.15 Å². The van der Waals surface area contributed by atoms with E-state index in [1.165, 1.54) is 11.8 Å². The zero-order valence-corrected chi connectivity index (χ0v) is 13.3. The zero-order valence-electron chi connectivity index (χ0n) is 12.5. The van der Waals surface area contributed by atoms with Crippen molar-refractivity contribution in [3.05, 3.63) is 47.4 Å². The van der Waals surface area contributed by atoms with E-state index in [1.807, 2.05) is 36.4 Å². The summed E-state index contributed by atoms with van der Waals surface area (Å²) in [6, 6.07) is 11.6. The van der Waals surface area contributed by atoms with Crippen molar-refractivity contribution in [3.8, 4) is 5.75 Å². The van der Waals surface area contributed by atoms with Crippen LogP contribution in [0.4, 0.5) is 0 Å². The summed E-state index contributed by atoms with van der Waals surface area (Å²) in [5.74, 6) is 1.44. The van der Waals surface area contributed by atoms with Crippen molar-refractivity contribution in [2.45, 2.75) is 41.7 Å². The molecular weight excluding hydrogens is 298 g/mol. The van der Waals surface area contributed by atoms with Gasteiger partial charge in [-0.25, -0.2) is 4.74 Å². The number of hydrogen-bond donors (Lipinski definition) is 0. The van der Waals surface area contributed by atoms with Gasteiger partial charge in [-0.3, -0.25) is 0 Å². The number of ether oxygens (including phenoxy) is 1. The molecule has 116 valence electrons. The van der Waals surface area contributed by atoms with Crippen molar-refractivity contribution in [1.29, 1.82) is 0 Å². The SMILES string of the molecule is COc1ccc(Sc2ccc(/C=[N+](\[O-])C3CCCC3)o2)cc1. The van der Waals surface area contributed by atoms with Gasteiger partial charge in [0.25, 0.3) is 0 Å². The first kappa shape index (κ1) is 15.0. The summed E-state index contributed by atoms with van der Waals surface area (Å²) in [7, 11) is 1.65. The van der Waals surface area contributed by atoms with Gasteiger partial charge < -0.3 is 14.4 Å². The lowest BCUT2D eigenvalue weighted by molar-refractivity contribution is -0.494. The van der Waals surface area contributed by atoms with Gasteiger partial charge in [0.2, 0.25) is 6.21 Å². The minimum Gasteiger partial charge on any atom is -0.624 e. The second-order valence-corrected chi connectivity index (χ2v) is 6.44. The van der Waals surface area contributed by atoms with E-state index < -0.39 is 0 Å². The number of rotatable bonds is 5. The molecule has 0 bridgehead atoms. The second kappa shape index (κ2) is 6.92. The summed E-state index contributed by atoms with van der Waals surface area (Å²) in [4.78, 5) is 1.07. The third kappa shape index (κ3) is 3.65. The van der Waals surface area contributed by atoms with Crippen molar-refractivity contribution in [1.82, 2.24) is 0 Å². The molecule has 22 heavy (non-hydrogen) atoms.